The van der Waals surface area contributed by atoms with Crippen molar-refractivity contribution in [2.24, 2.45) is 39.9 Å². The van der Waals surface area contributed by atoms with Crippen molar-refractivity contribution >= 4 is 5.78 Å². The van der Waals surface area contributed by atoms with Gasteiger partial charge in [0.2, 0.25) is 0 Å². The molecule has 1 heterocycles. The number of carbonyl (C=O) groups excluding carboxylic acids is 1. The minimum Gasteiger partial charge on any atom is -0.390 e. The number of aromatic nitrogens is 2. The number of rotatable bonds is 3. The first kappa shape index (κ1) is 22.1. The number of carbonyl (C=O) groups is 1. The van der Waals surface area contributed by atoms with Crippen molar-refractivity contribution in [2.75, 3.05) is 0 Å². The molecule has 0 bridgehead atoms. The largest absolute Gasteiger partial charge is 0.390 e. The molecule has 0 aromatic carbocycles. The van der Waals surface area contributed by atoms with Crippen LogP contribution in [0.4, 0.5) is 0 Å². The summed E-state index contributed by atoms with van der Waals surface area (Å²) in [5.41, 5.74) is 0.565. The second-order valence-electron chi connectivity index (χ2n) is 12.7. The van der Waals surface area contributed by atoms with E-state index in [4.69, 9.17) is 5.26 Å². The maximum absolute atomic E-state index is 13.4. The highest BCUT2D eigenvalue weighted by atomic mass is 16.3. The molecule has 4 aliphatic rings. The Morgan fingerprint density at radius 3 is 2.50 bits per heavy atom. The fourth-order valence-corrected chi connectivity index (χ4v) is 9.43. The average Bonchev–Trinajstić information content (AvgIpc) is 3.33. The van der Waals surface area contributed by atoms with E-state index in [0.717, 1.165) is 38.5 Å². The highest BCUT2D eigenvalue weighted by Crippen LogP contribution is 2.72. The third-order valence-electron chi connectivity index (χ3n) is 11.0. The molecule has 32 heavy (non-hydrogen) atoms. The predicted molar refractivity (Wildman–Crippen MR) is 122 cm³/mol. The Hall–Kier alpha value is -1.67. The zero-order valence-electron chi connectivity index (χ0n) is 20.2. The van der Waals surface area contributed by atoms with E-state index in [1.165, 1.54) is 19.3 Å². The SMILES string of the molecule is C[C@@]1(O)CC[C@@]2(C)[C@H](CC[C@]3(C)[C@@H]2CC[C@@]2(C)[C@H]3CC[C@@H]2C(=O)Cn2cnc(C#N)c2)C1. The summed E-state index contributed by atoms with van der Waals surface area (Å²) in [5, 5.41) is 19.8. The second kappa shape index (κ2) is 7.16. The fourth-order valence-electron chi connectivity index (χ4n) is 9.43. The van der Waals surface area contributed by atoms with Crippen molar-refractivity contribution in [3.63, 3.8) is 0 Å². The van der Waals surface area contributed by atoms with E-state index in [9.17, 15) is 9.90 Å². The van der Waals surface area contributed by atoms with Gasteiger partial charge >= 0.3 is 0 Å². The lowest BCUT2D eigenvalue weighted by Gasteiger charge is -2.66. The van der Waals surface area contributed by atoms with Crippen LogP contribution in [-0.4, -0.2) is 26.0 Å². The number of nitrogens with zero attached hydrogens (tertiary/aromatic N) is 3. The van der Waals surface area contributed by atoms with Crippen molar-refractivity contribution in [1.29, 1.82) is 5.26 Å². The van der Waals surface area contributed by atoms with E-state index in [1.807, 2.05) is 6.92 Å². The minimum atomic E-state index is -0.495. The average molecular weight is 438 g/mol. The van der Waals surface area contributed by atoms with Crippen molar-refractivity contribution in [1.82, 2.24) is 9.55 Å². The molecular weight excluding hydrogens is 398 g/mol. The van der Waals surface area contributed by atoms with E-state index < -0.39 is 5.60 Å². The highest BCUT2D eigenvalue weighted by molar-refractivity contribution is 5.82. The van der Waals surface area contributed by atoms with Gasteiger partial charge in [0.15, 0.2) is 11.5 Å². The van der Waals surface area contributed by atoms with Gasteiger partial charge in [-0.15, -0.1) is 0 Å². The molecule has 8 atom stereocenters. The third kappa shape index (κ3) is 3.12. The minimum absolute atomic E-state index is 0.0737. The summed E-state index contributed by atoms with van der Waals surface area (Å²) in [5.74, 6) is 2.34. The van der Waals surface area contributed by atoms with Crippen LogP contribution in [0.15, 0.2) is 12.5 Å². The van der Waals surface area contributed by atoms with E-state index in [0.29, 0.717) is 46.6 Å². The maximum Gasteiger partial charge on any atom is 0.158 e. The van der Waals surface area contributed by atoms with Crippen LogP contribution in [0.25, 0.3) is 0 Å². The van der Waals surface area contributed by atoms with Crippen LogP contribution in [0, 0.1) is 51.2 Å². The Morgan fingerprint density at radius 1 is 1.06 bits per heavy atom. The van der Waals surface area contributed by atoms with Gasteiger partial charge in [0.05, 0.1) is 18.5 Å². The lowest BCUT2D eigenvalue weighted by atomic mass is 9.39. The van der Waals surface area contributed by atoms with Crippen LogP contribution in [0.5, 0.6) is 0 Å². The molecule has 4 fully saturated rings. The van der Waals surface area contributed by atoms with Gasteiger partial charge < -0.3 is 9.67 Å². The molecule has 1 N–H and O–H groups in total. The number of imidazole rings is 1. The smallest absolute Gasteiger partial charge is 0.158 e. The van der Waals surface area contributed by atoms with Gasteiger partial charge in [-0.05, 0) is 98.7 Å². The van der Waals surface area contributed by atoms with Gasteiger partial charge in [0.25, 0.3) is 0 Å². The number of fused-ring (bicyclic) bond motifs is 5. The number of hydrogen-bond donors (Lipinski definition) is 1. The third-order valence-corrected chi connectivity index (χ3v) is 11.0. The van der Waals surface area contributed by atoms with E-state index in [1.54, 1.807) is 17.1 Å². The molecule has 5 rings (SSSR count). The molecule has 0 spiro atoms. The number of hydrogen-bond acceptors (Lipinski definition) is 4. The van der Waals surface area contributed by atoms with Gasteiger partial charge in [-0.3, -0.25) is 4.79 Å². The van der Waals surface area contributed by atoms with Gasteiger partial charge in [0.1, 0.15) is 6.07 Å². The lowest BCUT2D eigenvalue weighted by Crippen LogP contribution is -2.60. The predicted octanol–water partition coefficient (Wildman–Crippen LogP) is 5.12. The summed E-state index contributed by atoms with van der Waals surface area (Å²) in [7, 11) is 0. The molecule has 1 aromatic rings. The molecule has 0 radical (unpaired) electrons. The van der Waals surface area contributed by atoms with Crippen LogP contribution in [0.1, 0.15) is 91.2 Å². The van der Waals surface area contributed by atoms with Crippen molar-refractivity contribution < 1.29 is 9.90 Å². The van der Waals surface area contributed by atoms with Crippen molar-refractivity contribution in [2.45, 2.75) is 97.6 Å². The molecule has 1 aromatic heterocycles. The summed E-state index contributed by atoms with van der Waals surface area (Å²) in [6.07, 6.45) is 13.3. The van der Waals surface area contributed by atoms with Crippen LogP contribution >= 0.6 is 0 Å². The molecule has 4 saturated carbocycles. The quantitative estimate of drug-likeness (QED) is 0.711. The Morgan fingerprint density at radius 2 is 1.78 bits per heavy atom. The summed E-state index contributed by atoms with van der Waals surface area (Å²) >= 11 is 0. The molecule has 174 valence electrons. The topological polar surface area (TPSA) is 78.9 Å². The van der Waals surface area contributed by atoms with E-state index >= 15 is 0 Å². The first-order chi connectivity index (χ1) is 15.0. The fraction of sp³-hybridized carbons (Fsp3) is 0.815. The molecule has 0 saturated heterocycles. The number of Topliss-reactive ketones (excluding diaryl/α,β-unsaturated/α-hetero) is 1. The summed E-state index contributed by atoms with van der Waals surface area (Å²) < 4.78 is 1.78. The van der Waals surface area contributed by atoms with Crippen LogP contribution in [0.2, 0.25) is 0 Å². The van der Waals surface area contributed by atoms with Gasteiger partial charge in [0, 0.05) is 12.1 Å². The Kier molecular flexibility index (Phi) is 4.95. The Balaban J connectivity index is 1.38. The van der Waals surface area contributed by atoms with E-state index in [2.05, 4.69) is 31.8 Å². The normalized spacial score (nSPS) is 47.8. The zero-order chi connectivity index (χ0) is 22.9. The monoisotopic (exact) mass is 437 g/mol. The van der Waals surface area contributed by atoms with Crippen molar-refractivity contribution in [3.05, 3.63) is 18.2 Å². The molecular formula is C27H39N3O2. The maximum atomic E-state index is 13.4. The summed E-state index contributed by atoms with van der Waals surface area (Å²) in [6, 6.07) is 2.05. The first-order valence-corrected chi connectivity index (χ1v) is 12.7. The molecule has 4 aliphatic carbocycles. The zero-order valence-corrected chi connectivity index (χ0v) is 20.2. The molecule has 0 amide bonds. The Bertz CT molecular complexity index is 960. The Labute approximate surface area is 192 Å². The van der Waals surface area contributed by atoms with Gasteiger partial charge in [-0.25, -0.2) is 4.98 Å². The number of ketones is 1. The van der Waals surface area contributed by atoms with Gasteiger partial charge in [-0.1, -0.05) is 20.8 Å². The van der Waals surface area contributed by atoms with Crippen LogP contribution < -0.4 is 0 Å². The first-order valence-electron chi connectivity index (χ1n) is 12.7. The number of nitriles is 1. The summed E-state index contributed by atoms with van der Waals surface area (Å²) in [6.45, 7) is 9.85. The molecule has 0 unspecified atom stereocenters. The summed E-state index contributed by atoms with van der Waals surface area (Å²) in [4.78, 5) is 17.5. The van der Waals surface area contributed by atoms with Crippen LogP contribution in [-0.2, 0) is 11.3 Å². The molecule has 0 aliphatic heterocycles. The number of aliphatic hydroxyl groups is 1. The molecule has 5 nitrogen and oxygen atoms in total. The highest BCUT2D eigenvalue weighted by Gasteiger charge is 2.66. The van der Waals surface area contributed by atoms with E-state index in [-0.39, 0.29) is 11.3 Å². The standard InChI is InChI=1S/C27H39N3O2/c1-24(32)11-12-25(2)18(13-24)7-9-27(4)22-6-5-20(26(22,3)10-8-23(25)27)21(31)16-30-15-19(14-28)29-17-30/h15,17-18,20,22-23,32H,5-13,16H2,1-4H3/t18-,20-,22-,23-,24-,25+,26-,27+/m1/s1. The van der Waals surface area contributed by atoms with Gasteiger partial charge in [-0.2, -0.15) is 5.26 Å². The van der Waals surface area contributed by atoms with Crippen LogP contribution in [0.3, 0.4) is 0 Å². The van der Waals surface area contributed by atoms with Crippen molar-refractivity contribution in [3.8, 4) is 6.07 Å². The second-order valence-corrected chi connectivity index (χ2v) is 12.7. The molecule has 5 heteroatoms. The lowest BCUT2D eigenvalue weighted by molar-refractivity contribution is -0.186.